The highest BCUT2D eigenvalue weighted by atomic mass is 127. The molecule has 0 unspecified atom stereocenters. The topological polar surface area (TPSA) is 46.2 Å². The van der Waals surface area contributed by atoms with Crippen LogP contribution in [0.15, 0.2) is 59.5 Å². The van der Waals surface area contributed by atoms with Crippen LogP contribution >= 0.6 is 0 Å². The quantitative estimate of drug-likeness (QED) is 0.426. The summed E-state index contributed by atoms with van der Waals surface area (Å²) in [5.41, 5.74) is 3.92. The summed E-state index contributed by atoms with van der Waals surface area (Å²) in [5.74, 6) is 0. The molecule has 0 bridgehead atoms. The number of hydrogen-bond donors (Lipinski definition) is 1. The van der Waals surface area contributed by atoms with Crippen molar-refractivity contribution >= 4 is 26.5 Å². The molecule has 0 saturated carbocycles. The summed E-state index contributed by atoms with van der Waals surface area (Å²) in [4.78, 5) is 0.358. The lowest BCUT2D eigenvalue weighted by Gasteiger charge is -2.35. The molecule has 4 rings (SSSR count). The van der Waals surface area contributed by atoms with Crippen molar-refractivity contribution < 1.29 is 36.9 Å². The second-order valence-electron chi connectivity index (χ2n) is 8.09. The van der Waals surface area contributed by atoms with Gasteiger partial charge in [0.05, 0.1) is 25.5 Å². The fourth-order valence-corrected chi connectivity index (χ4v) is 5.46. The van der Waals surface area contributed by atoms with Crippen LogP contribution in [0.3, 0.4) is 0 Å². The molecule has 0 spiro atoms. The van der Waals surface area contributed by atoms with E-state index in [0.29, 0.717) is 10.6 Å². The number of rotatable bonds is 3. The number of halogens is 1. The Kier molecular flexibility index (Phi) is 5.76. The Morgan fingerprint density at radius 2 is 1.71 bits per heavy atom. The molecule has 6 heteroatoms. The molecule has 1 aliphatic heterocycles. The van der Waals surface area contributed by atoms with E-state index in [1.165, 1.54) is 11.1 Å². The molecular formula is C22H25IN2O2S. The zero-order chi connectivity index (χ0) is 19.2. The number of benzene rings is 3. The van der Waals surface area contributed by atoms with Crippen molar-refractivity contribution in [1.29, 1.82) is 0 Å². The number of hydrogen-bond acceptors (Lipinski definition) is 2. The maximum absolute atomic E-state index is 13.2. The lowest BCUT2D eigenvalue weighted by atomic mass is 9.98. The van der Waals surface area contributed by atoms with E-state index in [1.54, 1.807) is 0 Å². The van der Waals surface area contributed by atoms with Crippen molar-refractivity contribution in [2.75, 3.05) is 25.4 Å². The number of nitrogens with zero attached hydrogens (tertiary/aromatic N) is 1. The Morgan fingerprint density at radius 1 is 0.964 bits per heavy atom. The SMILES string of the molecule is Cc1ccc2ccccc2c1S(=O)(=O)Nc1ccc2c(c1)CC[N+](C)(C)C2.[I-]. The molecule has 0 aliphatic carbocycles. The third kappa shape index (κ3) is 4.04. The second kappa shape index (κ2) is 7.65. The van der Waals surface area contributed by atoms with Crippen molar-refractivity contribution in [1.82, 2.24) is 0 Å². The summed E-state index contributed by atoms with van der Waals surface area (Å²) >= 11 is 0. The van der Waals surface area contributed by atoms with Crippen LogP contribution in [0, 0.1) is 6.92 Å². The summed E-state index contributed by atoms with van der Waals surface area (Å²) in [6.45, 7) is 3.88. The first kappa shape index (κ1) is 21.1. The number of quaternary nitrogens is 1. The molecule has 3 aromatic rings. The van der Waals surface area contributed by atoms with Crippen molar-refractivity contribution in [3.05, 3.63) is 71.3 Å². The largest absolute Gasteiger partial charge is 1.00 e. The molecule has 1 N–H and O–H groups in total. The molecular weight excluding hydrogens is 483 g/mol. The van der Waals surface area contributed by atoms with Gasteiger partial charge in [-0.2, -0.15) is 0 Å². The van der Waals surface area contributed by atoms with Crippen LogP contribution in [-0.4, -0.2) is 33.5 Å². The Hall–Kier alpha value is -1.64. The zero-order valence-corrected chi connectivity index (χ0v) is 19.3. The Balaban J connectivity index is 0.00000225. The van der Waals surface area contributed by atoms with E-state index in [9.17, 15) is 8.42 Å². The fraction of sp³-hybridized carbons (Fsp3) is 0.273. The Morgan fingerprint density at radius 3 is 2.50 bits per heavy atom. The minimum absolute atomic E-state index is 0. The van der Waals surface area contributed by atoms with Gasteiger partial charge in [0, 0.05) is 23.1 Å². The van der Waals surface area contributed by atoms with E-state index < -0.39 is 10.0 Å². The number of aryl methyl sites for hydroxylation is 1. The van der Waals surface area contributed by atoms with Gasteiger partial charge in [-0.3, -0.25) is 4.72 Å². The van der Waals surface area contributed by atoms with Gasteiger partial charge in [0.2, 0.25) is 0 Å². The maximum atomic E-state index is 13.2. The average Bonchev–Trinajstić information content (AvgIpc) is 2.60. The van der Waals surface area contributed by atoms with Gasteiger partial charge < -0.3 is 28.5 Å². The minimum atomic E-state index is -3.67. The first-order valence-corrected chi connectivity index (χ1v) is 10.7. The van der Waals surface area contributed by atoms with E-state index in [2.05, 4.69) is 24.9 Å². The monoisotopic (exact) mass is 508 g/mol. The van der Waals surface area contributed by atoms with Gasteiger partial charge in [-0.15, -0.1) is 0 Å². The van der Waals surface area contributed by atoms with Crippen molar-refractivity contribution in [2.24, 2.45) is 0 Å². The molecule has 0 saturated heterocycles. The maximum Gasteiger partial charge on any atom is 0.262 e. The second-order valence-corrected chi connectivity index (χ2v) is 9.71. The highest BCUT2D eigenvalue weighted by Gasteiger charge is 2.25. The number of sulfonamides is 1. The first-order chi connectivity index (χ1) is 12.8. The lowest BCUT2D eigenvalue weighted by molar-refractivity contribution is -0.905. The minimum Gasteiger partial charge on any atom is -1.00 e. The van der Waals surface area contributed by atoms with Crippen LogP contribution in [0.4, 0.5) is 5.69 Å². The predicted octanol–water partition coefficient (Wildman–Crippen LogP) is 1.09. The Labute approximate surface area is 184 Å². The lowest BCUT2D eigenvalue weighted by Crippen LogP contribution is -3.00. The van der Waals surface area contributed by atoms with Gasteiger partial charge in [0.15, 0.2) is 0 Å². The van der Waals surface area contributed by atoms with Gasteiger partial charge >= 0.3 is 0 Å². The summed E-state index contributed by atoms with van der Waals surface area (Å²) in [7, 11) is 0.776. The van der Waals surface area contributed by atoms with Crippen molar-refractivity contribution in [2.45, 2.75) is 24.8 Å². The molecule has 148 valence electrons. The Bertz CT molecular complexity index is 1140. The molecule has 28 heavy (non-hydrogen) atoms. The van der Waals surface area contributed by atoms with Crippen LogP contribution in [-0.2, 0) is 23.0 Å². The van der Waals surface area contributed by atoms with Crippen molar-refractivity contribution in [3.63, 3.8) is 0 Å². The first-order valence-electron chi connectivity index (χ1n) is 9.20. The zero-order valence-electron chi connectivity index (χ0n) is 16.4. The van der Waals surface area contributed by atoms with Gasteiger partial charge in [0.25, 0.3) is 10.0 Å². The van der Waals surface area contributed by atoms with Crippen LogP contribution in [0.2, 0.25) is 0 Å². The number of likely N-dealkylation sites (N-methyl/N-ethyl adjacent to an activating group) is 1. The van der Waals surface area contributed by atoms with Gasteiger partial charge in [-0.25, -0.2) is 8.42 Å². The standard InChI is InChI=1S/C22H25N2O2S.HI/c1-16-8-9-17-6-4-5-7-21(17)22(16)27(25,26)23-20-11-10-19-15-24(2,3)13-12-18(19)14-20;/h4-11,14,23H,12-13,15H2,1-3H3;1H/q+1;/p-1. The highest BCUT2D eigenvalue weighted by molar-refractivity contribution is 7.93. The molecule has 0 aromatic heterocycles. The molecule has 0 fully saturated rings. The van der Waals surface area contributed by atoms with Crippen LogP contribution in [0.25, 0.3) is 10.8 Å². The fourth-order valence-electron chi connectivity index (χ4n) is 3.95. The van der Waals surface area contributed by atoms with Gasteiger partial charge in [0.1, 0.15) is 6.54 Å². The van der Waals surface area contributed by atoms with Crippen LogP contribution in [0.5, 0.6) is 0 Å². The molecule has 1 aliphatic rings. The summed E-state index contributed by atoms with van der Waals surface area (Å²) in [6.07, 6.45) is 0.963. The van der Waals surface area contributed by atoms with Gasteiger partial charge in [-0.05, 0) is 35.6 Å². The smallest absolute Gasteiger partial charge is 0.262 e. The third-order valence-electron chi connectivity index (χ3n) is 5.39. The molecule has 0 atom stereocenters. The highest BCUT2D eigenvalue weighted by Crippen LogP contribution is 2.30. The van der Waals surface area contributed by atoms with Crippen LogP contribution < -0.4 is 28.7 Å². The van der Waals surface area contributed by atoms with E-state index in [0.717, 1.165) is 40.3 Å². The number of anilines is 1. The van der Waals surface area contributed by atoms with Crippen LogP contribution in [0.1, 0.15) is 16.7 Å². The van der Waals surface area contributed by atoms with E-state index in [1.807, 2.05) is 55.5 Å². The molecule has 1 heterocycles. The molecule has 3 aromatic carbocycles. The summed E-state index contributed by atoms with van der Waals surface area (Å²) in [6, 6.07) is 17.4. The molecule has 0 radical (unpaired) electrons. The van der Waals surface area contributed by atoms with Gasteiger partial charge in [-0.1, -0.05) is 42.5 Å². The van der Waals surface area contributed by atoms with E-state index in [4.69, 9.17) is 0 Å². The number of nitrogens with one attached hydrogen (secondary N) is 1. The normalized spacial score (nSPS) is 15.5. The van der Waals surface area contributed by atoms with Crippen molar-refractivity contribution in [3.8, 4) is 0 Å². The molecule has 4 nitrogen and oxygen atoms in total. The summed E-state index contributed by atoms with van der Waals surface area (Å²) in [5, 5.41) is 1.68. The average molecular weight is 508 g/mol. The third-order valence-corrected chi connectivity index (χ3v) is 6.97. The van der Waals surface area contributed by atoms with E-state index in [-0.39, 0.29) is 24.0 Å². The molecule has 0 amide bonds. The van der Waals surface area contributed by atoms with E-state index >= 15 is 0 Å². The predicted molar refractivity (Wildman–Crippen MR) is 110 cm³/mol. The summed E-state index contributed by atoms with van der Waals surface area (Å²) < 4.78 is 30.2. The number of fused-ring (bicyclic) bond motifs is 2.